The van der Waals surface area contributed by atoms with E-state index in [-0.39, 0.29) is 0 Å². The molecule has 0 amide bonds. The van der Waals surface area contributed by atoms with Crippen molar-refractivity contribution in [2.24, 2.45) is 0 Å². The Morgan fingerprint density at radius 1 is 1.35 bits per heavy atom. The molecule has 6 heteroatoms. The number of aromatic nitrogens is 3. The number of nitrogens with zero attached hydrogens (tertiary/aromatic N) is 4. The maximum Gasteiger partial charge on any atom is 0.222 e. The van der Waals surface area contributed by atoms with Crippen molar-refractivity contribution >= 4 is 23.1 Å². The topological polar surface area (TPSA) is 67.9 Å². The highest BCUT2D eigenvalue weighted by Gasteiger charge is 2.14. The lowest BCUT2D eigenvalue weighted by molar-refractivity contribution is 0.861. The molecule has 0 saturated carbocycles. The van der Waals surface area contributed by atoms with Gasteiger partial charge >= 0.3 is 0 Å². The molecule has 0 unspecified atom stereocenters. The first kappa shape index (κ1) is 14.5. The van der Waals surface area contributed by atoms with Gasteiger partial charge in [-0.15, -0.1) is 17.9 Å². The van der Waals surface area contributed by atoms with E-state index >= 15 is 0 Å². The van der Waals surface area contributed by atoms with Crippen LogP contribution in [0.4, 0.5) is 11.8 Å². The van der Waals surface area contributed by atoms with Gasteiger partial charge in [0, 0.05) is 29.4 Å². The largest absolute Gasteiger partial charge is 0.368 e. The first-order valence-corrected chi connectivity index (χ1v) is 7.25. The van der Waals surface area contributed by atoms with Gasteiger partial charge in [-0.3, -0.25) is 0 Å². The summed E-state index contributed by atoms with van der Waals surface area (Å²) in [7, 11) is 1.99. The predicted octanol–water partition coefficient (Wildman–Crippen LogP) is 2.50. The van der Waals surface area contributed by atoms with Crippen molar-refractivity contribution in [3.8, 4) is 0 Å². The Morgan fingerprint density at radius 3 is 2.70 bits per heavy atom. The molecule has 0 radical (unpaired) electrons. The molecule has 0 aliphatic carbocycles. The number of hydrogen-bond acceptors (Lipinski definition) is 6. The number of nitrogens with two attached hydrogens (primary N) is 1. The van der Waals surface area contributed by atoms with Gasteiger partial charge in [-0.05, 0) is 20.3 Å². The van der Waals surface area contributed by atoms with E-state index < -0.39 is 0 Å². The van der Waals surface area contributed by atoms with Crippen LogP contribution in [-0.4, -0.2) is 22.0 Å². The minimum Gasteiger partial charge on any atom is -0.368 e. The highest BCUT2D eigenvalue weighted by Crippen LogP contribution is 2.23. The van der Waals surface area contributed by atoms with E-state index in [0.29, 0.717) is 12.5 Å². The molecule has 0 aliphatic rings. The van der Waals surface area contributed by atoms with E-state index in [4.69, 9.17) is 5.73 Å². The molecule has 0 aromatic carbocycles. The lowest BCUT2D eigenvalue weighted by atomic mass is 10.1. The van der Waals surface area contributed by atoms with E-state index in [9.17, 15) is 0 Å². The monoisotopic (exact) mass is 289 g/mol. The molecule has 0 spiro atoms. The number of thiazole rings is 1. The second kappa shape index (κ2) is 6.00. The third-order valence-corrected chi connectivity index (χ3v) is 3.91. The number of hydrogen-bond donors (Lipinski definition) is 1. The maximum atomic E-state index is 5.77. The Labute approximate surface area is 123 Å². The van der Waals surface area contributed by atoms with Crippen LogP contribution in [0.2, 0.25) is 0 Å². The zero-order valence-corrected chi connectivity index (χ0v) is 12.9. The number of nitrogen functional groups attached to an aromatic ring is 1. The fourth-order valence-corrected chi connectivity index (χ4v) is 2.88. The SMILES string of the molecule is C=CCc1c(C)nc(N)nc1N(C)Cc1nc(C)cs1. The van der Waals surface area contributed by atoms with E-state index in [1.165, 1.54) is 0 Å². The average Bonchev–Trinajstić information content (AvgIpc) is 2.77. The van der Waals surface area contributed by atoms with E-state index in [2.05, 4.69) is 26.4 Å². The molecule has 106 valence electrons. The van der Waals surface area contributed by atoms with Crippen LogP contribution < -0.4 is 10.6 Å². The summed E-state index contributed by atoms with van der Waals surface area (Å²) < 4.78 is 0. The molecule has 0 bridgehead atoms. The van der Waals surface area contributed by atoms with Crippen LogP contribution in [0.1, 0.15) is 22.0 Å². The van der Waals surface area contributed by atoms with Gasteiger partial charge < -0.3 is 10.6 Å². The highest BCUT2D eigenvalue weighted by atomic mass is 32.1. The molecule has 2 heterocycles. The molecule has 5 nitrogen and oxygen atoms in total. The van der Waals surface area contributed by atoms with Gasteiger partial charge in [-0.1, -0.05) is 6.08 Å². The van der Waals surface area contributed by atoms with Crippen LogP contribution >= 0.6 is 11.3 Å². The summed E-state index contributed by atoms with van der Waals surface area (Å²) in [6.07, 6.45) is 2.58. The molecular formula is C14H19N5S. The highest BCUT2D eigenvalue weighted by molar-refractivity contribution is 7.09. The van der Waals surface area contributed by atoms with E-state index in [0.717, 1.165) is 34.2 Å². The molecule has 20 heavy (non-hydrogen) atoms. The molecule has 2 N–H and O–H groups in total. The molecular weight excluding hydrogens is 270 g/mol. The van der Waals surface area contributed by atoms with Gasteiger partial charge in [0.05, 0.1) is 6.54 Å². The van der Waals surface area contributed by atoms with Crippen molar-refractivity contribution in [2.45, 2.75) is 26.8 Å². The zero-order valence-electron chi connectivity index (χ0n) is 12.1. The lowest BCUT2D eigenvalue weighted by Crippen LogP contribution is -2.21. The number of allylic oxidation sites excluding steroid dienone is 1. The maximum absolute atomic E-state index is 5.77. The first-order chi connectivity index (χ1) is 9.51. The lowest BCUT2D eigenvalue weighted by Gasteiger charge is -2.21. The molecule has 0 saturated heterocycles. The standard InChI is InChI=1S/C14H19N5S/c1-5-6-11-10(3)17-14(15)18-13(11)19(4)7-12-16-9(2)8-20-12/h5,8H,1,6-7H2,2-4H3,(H2,15,17,18). The van der Waals surface area contributed by atoms with Crippen molar-refractivity contribution in [2.75, 3.05) is 17.7 Å². The Hall–Kier alpha value is -1.95. The second-order valence-electron chi connectivity index (χ2n) is 4.70. The summed E-state index contributed by atoms with van der Waals surface area (Å²) in [6, 6.07) is 0. The third kappa shape index (κ3) is 3.14. The Bertz CT molecular complexity index is 620. The van der Waals surface area contributed by atoms with Crippen molar-refractivity contribution in [1.82, 2.24) is 15.0 Å². The van der Waals surface area contributed by atoms with Gasteiger partial charge in [-0.2, -0.15) is 4.98 Å². The van der Waals surface area contributed by atoms with E-state index in [1.54, 1.807) is 11.3 Å². The average molecular weight is 289 g/mol. The number of aryl methyl sites for hydroxylation is 2. The van der Waals surface area contributed by atoms with Crippen molar-refractivity contribution in [1.29, 1.82) is 0 Å². The van der Waals surface area contributed by atoms with Gasteiger partial charge in [0.15, 0.2) is 0 Å². The fourth-order valence-electron chi connectivity index (χ4n) is 2.05. The second-order valence-corrected chi connectivity index (χ2v) is 5.64. The van der Waals surface area contributed by atoms with Crippen molar-refractivity contribution in [3.05, 3.63) is 40.0 Å². The molecule has 0 aliphatic heterocycles. The quantitative estimate of drug-likeness (QED) is 0.857. The smallest absolute Gasteiger partial charge is 0.222 e. The minimum absolute atomic E-state index is 0.299. The van der Waals surface area contributed by atoms with E-state index in [1.807, 2.05) is 32.4 Å². The first-order valence-electron chi connectivity index (χ1n) is 6.37. The van der Waals surface area contributed by atoms with Gasteiger partial charge in [0.2, 0.25) is 5.95 Å². The van der Waals surface area contributed by atoms with Crippen LogP contribution in [0, 0.1) is 13.8 Å². The van der Waals surface area contributed by atoms with Crippen molar-refractivity contribution < 1.29 is 0 Å². The van der Waals surface area contributed by atoms with Crippen LogP contribution in [0.25, 0.3) is 0 Å². The predicted molar refractivity (Wildman–Crippen MR) is 84.0 cm³/mol. The molecule has 0 fully saturated rings. The Morgan fingerprint density at radius 2 is 2.10 bits per heavy atom. The van der Waals surface area contributed by atoms with Crippen LogP contribution in [0.15, 0.2) is 18.0 Å². The Balaban J connectivity index is 2.32. The van der Waals surface area contributed by atoms with Gasteiger partial charge in [0.1, 0.15) is 10.8 Å². The number of anilines is 2. The Kier molecular flexibility index (Phi) is 4.34. The van der Waals surface area contributed by atoms with Crippen molar-refractivity contribution in [3.63, 3.8) is 0 Å². The zero-order chi connectivity index (χ0) is 14.7. The summed E-state index contributed by atoms with van der Waals surface area (Å²) in [5.74, 6) is 1.15. The number of rotatable bonds is 5. The molecule has 2 aromatic rings. The summed E-state index contributed by atoms with van der Waals surface area (Å²) in [4.78, 5) is 15.1. The van der Waals surface area contributed by atoms with Gasteiger partial charge in [0.25, 0.3) is 0 Å². The summed E-state index contributed by atoms with van der Waals surface area (Å²) >= 11 is 1.65. The fraction of sp³-hybridized carbons (Fsp3) is 0.357. The van der Waals surface area contributed by atoms with Crippen LogP contribution in [-0.2, 0) is 13.0 Å². The molecule has 0 atom stereocenters. The summed E-state index contributed by atoms with van der Waals surface area (Å²) in [6.45, 7) is 8.44. The van der Waals surface area contributed by atoms with Gasteiger partial charge in [-0.25, -0.2) is 9.97 Å². The summed E-state index contributed by atoms with van der Waals surface area (Å²) in [5, 5.41) is 3.11. The summed E-state index contributed by atoms with van der Waals surface area (Å²) in [5.41, 5.74) is 8.77. The molecule has 2 rings (SSSR count). The van der Waals surface area contributed by atoms with Crippen LogP contribution in [0.3, 0.4) is 0 Å². The minimum atomic E-state index is 0.299. The molecule has 2 aromatic heterocycles. The third-order valence-electron chi connectivity index (χ3n) is 2.96. The normalized spacial score (nSPS) is 10.6. The van der Waals surface area contributed by atoms with Crippen LogP contribution in [0.5, 0.6) is 0 Å².